The maximum absolute atomic E-state index is 5.44. The van der Waals surface area contributed by atoms with E-state index in [0.717, 1.165) is 56.1 Å². The van der Waals surface area contributed by atoms with Crippen LogP contribution in [0.3, 0.4) is 0 Å². The third-order valence-electron chi connectivity index (χ3n) is 3.95. The Balaban J connectivity index is 1.83. The summed E-state index contributed by atoms with van der Waals surface area (Å²) >= 11 is 0. The summed E-state index contributed by atoms with van der Waals surface area (Å²) in [4.78, 5) is 7.05. The Labute approximate surface area is 124 Å². The second kappa shape index (κ2) is 6.36. The molecule has 0 spiro atoms. The number of piperazine rings is 1. The Bertz CT molecular complexity index is 572. The maximum atomic E-state index is 5.44. The minimum absolute atomic E-state index is 0.238. The van der Waals surface area contributed by atoms with Gasteiger partial charge in [0.05, 0.1) is 17.8 Å². The van der Waals surface area contributed by atoms with Crippen molar-refractivity contribution in [2.75, 3.05) is 26.2 Å². The van der Waals surface area contributed by atoms with Gasteiger partial charge in [0.15, 0.2) is 5.82 Å². The molecule has 1 fully saturated rings. The summed E-state index contributed by atoms with van der Waals surface area (Å²) in [5, 5.41) is 14.5. The molecule has 2 aromatic rings. The van der Waals surface area contributed by atoms with E-state index in [9.17, 15) is 0 Å². The lowest BCUT2D eigenvalue weighted by molar-refractivity contribution is 0.155. The summed E-state index contributed by atoms with van der Waals surface area (Å²) in [6, 6.07) is 0.238. The first-order valence-electron chi connectivity index (χ1n) is 7.58. The average molecular weight is 290 g/mol. The van der Waals surface area contributed by atoms with Gasteiger partial charge in [0.1, 0.15) is 0 Å². The average Bonchev–Trinajstić information content (AvgIpc) is 3.14. The number of rotatable bonds is 5. The number of nitrogens with one attached hydrogen (secondary N) is 2. The molecule has 7 heteroatoms. The molecule has 2 N–H and O–H groups in total. The Hall–Kier alpha value is -1.73. The summed E-state index contributed by atoms with van der Waals surface area (Å²) in [5.41, 5.74) is 1.82. The number of H-pyrrole nitrogens is 1. The van der Waals surface area contributed by atoms with Gasteiger partial charge >= 0.3 is 0 Å². The van der Waals surface area contributed by atoms with E-state index in [1.54, 1.807) is 6.20 Å². The van der Waals surface area contributed by atoms with Gasteiger partial charge in [0.25, 0.3) is 5.89 Å². The number of aromatic nitrogens is 4. The molecule has 1 saturated heterocycles. The van der Waals surface area contributed by atoms with E-state index in [1.165, 1.54) is 0 Å². The van der Waals surface area contributed by atoms with Crippen molar-refractivity contribution in [2.45, 2.75) is 32.7 Å². The highest BCUT2D eigenvalue weighted by Gasteiger charge is 2.26. The molecule has 1 aliphatic rings. The van der Waals surface area contributed by atoms with Gasteiger partial charge in [-0.2, -0.15) is 10.1 Å². The molecule has 1 atom stereocenters. The van der Waals surface area contributed by atoms with E-state index >= 15 is 0 Å². The van der Waals surface area contributed by atoms with Crippen molar-refractivity contribution in [1.29, 1.82) is 0 Å². The highest BCUT2D eigenvalue weighted by atomic mass is 16.5. The molecule has 1 aliphatic heterocycles. The quantitative estimate of drug-likeness (QED) is 0.868. The Kier molecular flexibility index (Phi) is 4.31. The molecular weight excluding hydrogens is 268 g/mol. The first kappa shape index (κ1) is 14.2. The number of aromatic amines is 1. The van der Waals surface area contributed by atoms with Crippen LogP contribution in [-0.4, -0.2) is 51.4 Å². The monoisotopic (exact) mass is 290 g/mol. The van der Waals surface area contributed by atoms with Gasteiger partial charge in [-0.15, -0.1) is 0 Å². The van der Waals surface area contributed by atoms with Gasteiger partial charge in [0, 0.05) is 31.9 Å². The smallest absolute Gasteiger partial charge is 0.261 e. The molecule has 0 saturated carbocycles. The van der Waals surface area contributed by atoms with Crippen LogP contribution in [0.15, 0.2) is 10.7 Å². The summed E-state index contributed by atoms with van der Waals surface area (Å²) in [7, 11) is 0. The third-order valence-corrected chi connectivity index (χ3v) is 3.95. The zero-order valence-electron chi connectivity index (χ0n) is 12.6. The highest BCUT2D eigenvalue weighted by molar-refractivity contribution is 5.54. The largest absolute Gasteiger partial charge is 0.334 e. The van der Waals surface area contributed by atoms with Crippen molar-refractivity contribution in [3.63, 3.8) is 0 Å². The van der Waals surface area contributed by atoms with Crippen molar-refractivity contribution in [2.24, 2.45) is 0 Å². The van der Waals surface area contributed by atoms with Gasteiger partial charge in [-0.1, -0.05) is 18.5 Å². The normalized spacial score (nSPS) is 18.0. The van der Waals surface area contributed by atoms with Gasteiger partial charge in [0.2, 0.25) is 0 Å². The van der Waals surface area contributed by atoms with Crippen molar-refractivity contribution < 1.29 is 4.52 Å². The predicted octanol–water partition coefficient (Wildman–Crippen LogP) is 1.51. The van der Waals surface area contributed by atoms with E-state index in [0.29, 0.717) is 5.89 Å². The SMILES string of the molecule is CCCC(c1noc(-c2cn[nH]c2C)n1)N1CCNCC1. The van der Waals surface area contributed by atoms with E-state index in [4.69, 9.17) is 4.52 Å². The molecule has 3 heterocycles. The van der Waals surface area contributed by atoms with Crippen molar-refractivity contribution in [3.8, 4) is 11.5 Å². The summed E-state index contributed by atoms with van der Waals surface area (Å²) in [6.45, 7) is 8.23. The van der Waals surface area contributed by atoms with Crippen LogP contribution < -0.4 is 5.32 Å². The molecule has 7 nitrogen and oxygen atoms in total. The Morgan fingerprint density at radius 1 is 1.38 bits per heavy atom. The fourth-order valence-electron chi connectivity index (χ4n) is 2.79. The molecule has 1 unspecified atom stereocenters. The molecule has 0 aromatic carbocycles. The molecule has 21 heavy (non-hydrogen) atoms. The molecule has 114 valence electrons. The Morgan fingerprint density at radius 2 is 2.19 bits per heavy atom. The minimum Gasteiger partial charge on any atom is -0.334 e. The number of hydrogen-bond donors (Lipinski definition) is 2. The lowest BCUT2D eigenvalue weighted by atomic mass is 10.1. The van der Waals surface area contributed by atoms with E-state index in [2.05, 4.69) is 37.5 Å². The fourth-order valence-corrected chi connectivity index (χ4v) is 2.79. The molecular formula is C14H22N6O. The first-order valence-corrected chi connectivity index (χ1v) is 7.58. The summed E-state index contributed by atoms with van der Waals surface area (Å²) < 4.78 is 5.44. The topological polar surface area (TPSA) is 82.9 Å². The van der Waals surface area contributed by atoms with Crippen LogP contribution in [-0.2, 0) is 0 Å². The molecule has 2 aromatic heterocycles. The van der Waals surface area contributed by atoms with E-state index < -0.39 is 0 Å². The lowest BCUT2D eigenvalue weighted by Crippen LogP contribution is -2.45. The standard InChI is InChI=1S/C14H22N6O/c1-3-4-12(20-7-5-15-6-8-20)13-17-14(21-19-13)11-9-16-18-10(11)2/h9,12,15H,3-8H2,1-2H3,(H,16,18). The van der Waals surface area contributed by atoms with Crippen LogP contribution in [0.25, 0.3) is 11.5 Å². The van der Waals surface area contributed by atoms with Gasteiger partial charge in [-0.25, -0.2) is 0 Å². The number of aryl methyl sites for hydroxylation is 1. The van der Waals surface area contributed by atoms with Crippen LogP contribution >= 0.6 is 0 Å². The summed E-state index contributed by atoms with van der Waals surface area (Å²) in [6.07, 6.45) is 3.87. The van der Waals surface area contributed by atoms with Crippen molar-refractivity contribution in [1.82, 2.24) is 30.6 Å². The molecule has 0 aliphatic carbocycles. The second-order valence-electron chi connectivity index (χ2n) is 5.46. The van der Waals surface area contributed by atoms with E-state index in [1.807, 2.05) is 6.92 Å². The van der Waals surface area contributed by atoms with Crippen LogP contribution in [0.4, 0.5) is 0 Å². The fraction of sp³-hybridized carbons (Fsp3) is 0.643. The lowest BCUT2D eigenvalue weighted by Gasteiger charge is -2.33. The molecule has 0 bridgehead atoms. The van der Waals surface area contributed by atoms with Gasteiger partial charge < -0.3 is 9.84 Å². The molecule has 0 radical (unpaired) electrons. The predicted molar refractivity (Wildman–Crippen MR) is 78.7 cm³/mol. The zero-order chi connectivity index (χ0) is 14.7. The molecule has 0 amide bonds. The van der Waals surface area contributed by atoms with Crippen LogP contribution in [0.1, 0.15) is 37.3 Å². The number of hydrogen-bond acceptors (Lipinski definition) is 6. The van der Waals surface area contributed by atoms with E-state index in [-0.39, 0.29) is 6.04 Å². The zero-order valence-corrected chi connectivity index (χ0v) is 12.6. The van der Waals surface area contributed by atoms with Crippen LogP contribution in [0.2, 0.25) is 0 Å². The third kappa shape index (κ3) is 2.98. The van der Waals surface area contributed by atoms with Gasteiger partial charge in [-0.05, 0) is 13.3 Å². The highest BCUT2D eigenvalue weighted by Crippen LogP contribution is 2.27. The van der Waals surface area contributed by atoms with Gasteiger partial charge in [-0.3, -0.25) is 10.00 Å². The second-order valence-corrected chi connectivity index (χ2v) is 5.46. The van der Waals surface area contributed by atoms with Crippen LogP contribution in [0, 0.1) is 6.92 Å². The summed E-state index contributed by atoms with van der Waals surface area (Å²) in [5.74, 6) is 1.34. The van der Waals surface area contributed by atoms with Crippen molar-refractivity contribution in [3.05, 3.63) is 17.7 Å². The maximum Gasteiger partial charge on any atom is 0.261 e. The first-order chi connectivity index (χ1) is 10.3. The number of nitrogens with zero attached hydrogens (tertiary/aromatic N) is 4. The van der Waals surface area contributed by atoms with Crippen LogP contribution in [0.5, 0.6) is 0 Å². The minimum atomic E-state index is 0.238. The molecule has 3 rings (SSSR count). The van der Waals surface area contributed by atoms with Crippen molar-refractivity contribution >= 4 is 0 Å². The Morgan fingerprint density at radius 3 is 2.86 bits per heavy atom.